The van der Waals surface area contributed by atoms with Gasteiger partial charge in [-0.3, -0.25) is 33.3 Å². The predicted octanol–water partition coefficient (Wildman–Crippen LogP) is -1.82. The number of nitrogens with zero attached hydrogens (tertiary/aromatic N) is 2. The van der Waals surface area contributed by atoms with Crippen LogP contribution in [0.1, 0.15) is 36.4 Å². The van der Waals surface area contributed by atoms with Crippen molar-refractivity contribution in [3.63, 3.8) is 0 Å². The van der Waals surface area contributed by atoms with Gasteiger partial charge in [0.15, 0.2) is 0 Å². The molecule has 0 bridgehead atoms. The Morgan fingerprint density at radius 3 is 2.00 bits per heavy atom. The van der Waals surface area contributed by atoms with Crippen molar-refractivity contribution < 1.29 is 38.4 Å². The smallest absolute Gasteiger partial charge is 0.356 e. The van der Waals surface area contributed by atoms with E-state index < -0.39 is 86.5 Å². The molecule has 5 N–H and O–H groups in total. The highest BCUT2D eigenvalue weighted by atomic mass is 31.2. The van der Waals surface area contributed by atoms with E-state index in [-0.39, 0.29) is 24.0 Å². The van der Waals surface area contributed by atoms with Crippen LogP contribution in [0.3, 0.4) is 0 Å². The molecule has 0 spiro atoms. The molecular weight excluding hydrogens is 531 g/mol. The second kappa shape index (κ2) is 11.2. The molecule has 38 heavy (non-hydrogen) atoms. The first-order valence-electron chi connectivity index (χ1n) is 11.7. The number of nitrogens with one attached hydrogen (secondary N) is 2. The summed E-state index contributed by atoms with van der Waals surface area (Å²) in [6.45, 7) is 1.95. The zero-order chi connectivity index (χ0) is 27.8. The van der Waals surface area contributed by atoms with Crippen molar-refractivity contribution in [1.29, 1.82) is 0 Å². The SMILES string of the molecule is Cc1cn([C@H]2C[C@H](OP(=O)(CO)OC[C@H]3O[C@@H](n4cc(C)c(=O)[nH]c4=O)C[C@@H]3O)[C@@H](CO)O2)c(=O)[nH]c1=O. The fourth-order valence-corrected chi connectivity index (χ4v) is 5.50. The highest BCUT2D eigenvalue weighted by Crippen LogP contribution is 2.51. The average Bonchev–Trinajstić information content (AvgIpc) is 3.44. The van der Waals surface area contributed by atoms with Crippen LogP contribution in [-0.4, -0.2) is 78.4 Å². The Hall–Kier alpha value is -2.69. The van der Waals surface area contributed by atoms with Crippen LogP contribution in [0.25, 0.3) is 0 Å². The van der Waals surface area contributed by atoms with Crippen molar-refractivity contribution in [1.82, 2.24) is 19.1 Å². The number of aliphatic hydroxyl groups excluding tert-OH is 3. The van der Waals surface area contributed by atoms with E-state index in [0.29, 0.717) is 0 Å². The molecular formula is C21H29N4O12P. The van der Waals surface area contributed by atoms with Gasteiger partial charge in [0.25, 0.3) is 11.1 Å². The number of rotatable bonds is 9. The van der Waals surface area contributed by atoms with E-state index in [1.165, 1.54) is 26.2 Å². The van der Waals surface area contributed by atoms with Gasteiger partial charge in [0.05, 0.1) is 19.3 Å². The van der Waals surface area contributed by atoms with E-state index in [1.807, 2.05) is 0 Å². The van der Waals surface area contributed by atoms with Crippen LogP contribution in [-0.2, 0) is 23.1 Å². The van der Waals surface area contributed by atoms with E-state index in [2.05, 4.69) is 9.97 Å². The van der Waals surface area contributed by atoms with Crippen LogP contribution in [0, 0.1) is 13.8 Å². The highest BCUT2D eigenvalue weighted by Gasteiger charge is 2.43. The van der Waals surface area contributed by atoms with Crippen LogP contribution >= 0.6 is 7.60 Å². The number of aromatic nitrogens is 4. The van der Waals surface area contributed by atoms with Crippen LogP contribution in [0.15, 0.2) is 31.6 Å². The first kappa shape index (κ1) is 28.3. The summed E-state index contributed by atoms with van der Waals surface area (Å²) in [6.07, 6.45) is -4.73. The number of aromatic amines is 2. The molecule has 0 aromatic carbocycles. The van der Waals surface area contributed by atoms with E-state index in [4.69, 9.17) is 18.5 Å². The largest absolute Gasteiger partial charge is 0.394 e. The second-order valence-electron chi connectivity index (χ2n) is 9.13. The Kier molecular flexibility index (Phi) is 8.34. The lowest BCUT2D eigenvalue weighted by molar-refractivity contribution is -0.0535. The highest BCUT2D eigenvalue weighted by molar-refractivity contribution is 7.53. The molecule has 2 fully saturated rings. The molecule has 2 aliphatic rings. The number of H-pyrrole nitrogens is 2. The summed E-state index contributed by atoms with van der Waals surface area (Å²) < 4.78 is 37.6. The number of ether oxygens (including phenoxy) is 2. The molecule has 2 aromatic heterocycles. The summed E-state index contributed by atoms with van der Waals surface area (Å²) in [5.74, 6) is 0. The Bertz CT molecular complexity index is 1450. The molecule has 17 heteroatoms. The summed E-state index contributed by atoms with van der Waals surface area (Å²) in [7, 11) is -4.23. The van der Waals surface area contributed by atoms with Crippen molar-refractivity contribution in [2.45, 2.75) is 63.6 Å². The number of aliphatic hydroxyl groups is 3. The summed E-state index contributed by atoms with van der Waals surface area (Å²) >= 11 is 0. The maximum absolute atomic E-state index is 13.2. The second-order valence-corrected chi connectivity index (χ2v) is 11.1. The third kappa shape index (κ3) is 5.82. The van der Waals surface area contributed by atoms with Crippen LogP contribution in [0.5, 0.6) is 0 Å². The molecule has 4 rings (SSSR count). The lowest BCUT2D eigenvalue weighted by Crippen LogP contribution is -2.33. The standard InChI is InChI=1S/C21H29N4O12P/c1-10-5-24(20(31)22-18(10)29)16-3-12(28)15(36-16)8-34-38(33,9-27)37-13-4-17(35-14(13)7-26)25-6-11(2)19(30)23-21(25)32/h5-6,12-17,26-28H,3-4,7-9H2,1-2H3,(H,22,29,31)(H,23,30,32)/t12-,13-,14+,15+,16+,17+,38?/m0/s1. The Morgan fingerprint density at radius 2 is 1.47 bits per heavy atom. The van der Waals surface area contributed by atoms with Gasteiger partial charge in [-0.05, 0) is 13.8 Å². The third-order valence-electron chi connectivity index (χ3n) is 6.38. The Labute approximate surface area is 213 Å². The van der Waals surface area contributed by atoms with Crippen molar-refractivity contribution in [2.24, 2.45) is 0 Å². The maximum Gasteiger partial charge on any atom is 0.356 e. The van der Waals surface area contributed by atoms with Crippen molar-refractivity contribution in [3.05, 3.63) is 65.2 Å². The van der Waals surface area contributed by atoms with Crippen LogP contribution < -0.4 is 22.5 Å². The molecule has 2 aliphatic heterocycles. The van der Waals surface area contributed by atoms with E-state index in [9.17, 15) is 39.1 Å². The van der Waals surface area contributed by atoms with Gasteiger partial charge in [-0.15, -0.1) is 0 Å². The first-order valence-corrected chi connectivity index (χ1v) is 13.4. The van der Waals surface area contributed by atoms with Gasteiger partial charge < -0.3 is 33.8 Å². The lowest BCUT2D eigenvalue weighted by Gasteiger charge is -2.24. The molecule has 0 aliphatic carbocycles. The van der Waals surface area contributed by atoms with Gasteiger partial charge in [0.2, 0.25) is 0 Å². The minimum absolute atomic E-state index is 0.0260. The monoisotopic (exact) mass is 560 g/mol. The van der Waals surface area contributed by atoms with Crippen molar-refractivity contribution in [3.8, 4) is 0 Å². The fourth-order valence-electron chi connectivity index (χ4n) is 4.28. The zero-order valence-corrected chi connectivity index (χ0v) is 21.4. The number of hydrogen-bond donors (Lipinski definition) is 5. The molecule has 2 aromatic rings. The van der Waals surface area contributed by atoms with E-state index in [1.54, 1.807) is 0 Å². The van der Waals surface area contributed by atoms with Gasteiger partial charge in [-0.1, -0.05) is 0 Å². The van der Waals surface area contributed by atoms with Gasteiger partial charge in [0, 0.05) is 36.4 Å². The molecule has 2 saturated heterocycles. The summed E-state index contributed by atoms with van der Waals surface area (Å²) in [5.41, 5.74) is -2.08. The molecule has 0 radical (unpaired) electrons. The summed E-state index contributed by atoms with van der Waals surface area (Å²) in [4.78, 5) is 51.9. The van der Waals surface area contributed by atoms with Gasteiger partial charge in [-0.25, -0.2) is 9.59 Å². The molecule has 7 atom stereocenters. The molecule has 0 saturated carbocycles. The minimum Gasteiger partial charge on any atom is -0.394 e. The number of hydrogen-bond acceptors (Lipinski definition) is 12. The van der Waals surface area contributed by atoms with E-state index >= 15 is 0 Å². The molecule has 0 amide bonds. The predicted molar refractivity (Wildman–Crippen MR) is 128 cm³/mol. The first-order chi connectivity index (χ1) is 17.9. The molecule has 16 nitrogen and oxygen atoms in total. The fraction of sp³-hybridized carbons (Fsp3) is 0.619. The Morgan fingerprint density at radius 1 is 0.947 bits per heavy atom. The topological polar surface area (TPSA) is 224 Å². The Balaban J connectivity index is 1.42. The zero-order valence-electron chi connectivity index (χ0n) is 20.5. The van der Waals surface area contributed by atoms with E-state index in [0.717, 1.165) is 9.13 Å². The molecule has 1 unspecified atom stereocenters. The average molecular weight is 560 g/mol. The molecule has 4 heterocycles. The normalized spacial score (nSPS) is 29.0. The lowest BCUT2D eigenvalue weighted by atomic mass is 10.2. The van der Waals surface area contributed by atoms with Gasteiger partial charge >= 0.3 is 19.0 Å². The van der Waals surface area contributed by atoms with Crippen molar-refractivity contribution >= 4 is 7.60 Å². The quantitative estimate of drug-likeness (QED) is 0.214. The van der Waals surface area contributed by atoms with Crippen molar-refractivity contribution in [2.75, 3.05) is 19.6 Å². The minimum atomic E-state index is -4.23. The summed E-state index contributed by atoms with van der Waals surface area (Å²) in [6, 6.07) is 0. The van der Waals surface area contributed by atoms with Gasteiger partial charge in [-0.2, -0.15) is 0 Å². The summed E-state index contributed by atoms with van der Waals surface area (Å²) in [5, 5.41) is 29.9. The maximum atomic E-state index is 13.2. The van der Waals surface area contributed by atoms with Gasteiger partial charge in [0.1, 0.15) is 37.1 Å². The van der Waals surface area contributed by atoms with Crippen LogP contribution in [0.4, 0.5) is 0 Å². The third-order valence-corrected chi connectivity index (χ3v) is 7.86. The van der Waals surface area contributed by atoms with Crippen LogP contribution in [0.2, 0.25) is 0 Å². The number of aryl methyl sites for hydroxylation is 2. The molecule has 210 valence electrons.